The Balaban J connectivity index is 1.42. The third-order valence-corrected chi connectivity index (χ3v) is 4.99. The monoisotopic (exact) mass is 397 g/mol. The molecular weight excluding hydrogens is 374 g/mol. The van der Waals surface area contributed by atoms with E-state index < -0.39 is 0 Å². The van der Waals surface area contributed by atoms with Crippen molar-refractivity contribution in [1.82, 2.24) is 10.2 Å². The molecule has 28 heavy (non-hydrogen) atoms. The van der Waals surface area contributed by atoms with Crippen molar-refractivity contribution in [2.45, 2.75) is 6.92 Å². The van der Waals surface area contributed by atoms with Crippen LogP contribution in [-0.2, 0) is 9.59 Å². The second kappa shape index (κ2) is 9.42. The van der Waals surface area contributed by atoms with Gasteiger partial charge in [0.25, 0.3) is 0 Å². The Hall–Kier alpha value is -2.79. The number of hydrogen-bond acceptors (Lipinski definition) is 3. The number of aryl methyl sites for hydroxylation is 1. The van der Waals surface area contributed by atoms with E-state index in [0.717, 1.165) is 24.3 Å². The van der Waals surface area contributed by atoms with Crippen LogP contribution in [0.3, 0.4) is 0 Å². The number of rotatable bonds is 5. The molecule has 0 saturated carbocycles. The Morgan fingerprint density at radius 1 is 1.00 bits per heavy atom. The maximum Gasteiger partial charge on any atom is 0.244 e. The van der Waals surface area contributed by atoms with Crippen molar-refractivity contribution in [1.29, 1.82) is 0 Å². The molecule has 1 N–H and O–H groups in total. The summed E-state index contributed by atoms with van der Waals surface area (Å²) in [6, 6.07) is 15.6. The Bertz CT molecular complexity index is 839. The van der Waals surface area contributed by atoms with Gasteiger partial charge in [-0.15, -0.1) is 0 Å². The highest BCUT2D eigenvalue weighted by atomic mass is 35.5. The van der Waals surface area contributed by atoms with Gasteiger partial charge in [0, 0.05) is 43.0 Å². The topological polar surface area (TPSA) is 52.7 Å². The highest BCUT2D eigenvalue weighted by Gasteiger charge is 2.21. The van der Waals surface area contributed by atoms with Gasteiger partial charge >= 0.3 is 0 Å². The van der Waals surface area contributed by atoms with Gasteiger partial charge in [-0.25, -0.2) is 0 Å². The second-order valence-corrected chi connectivity index (χ2v) is 7.24. The molecule has 0 spiro atoms. The molecule has 0 bridgehead atoms. The fourth-order valence-electron chi connectivity index (χ4n) is 3.05. The van der Waals surface area contributed by atoms with Crippen molar-refractivity contribution in [3.63, 3.8) is 0 Å². The quantitative estimate of drug-likeness (QED) is 0.788. The minimum atomic E-state index is -0.270. The van der Waals surface area contributed by atoms with Gasteiger partial charge < -0.3 is 15.1 Å². The van der Waals surface area contributed by atoms with Crippen LogP contribution in [0.2, 0.25) is 5.02 Å². The van der Waals surface area contributed by atoms with Crippen LogP contribution >= 0.6 is 11.6 Å². The van der Waals surface area contributed by atoms with Gasteiger partial charge in [-0.05, 0) is 42.8 Å². The van der Waals surface area contributed by atoms with Crippen molar-refractivity contribution in [3.8, 4) is 0 Å². The minimum Gasteiger partial charge on any atom is -0.368 e. The molecular formula is C22H24ClN3O2. The normalized spacial score (nSPS) is 14.4. The van der Waals surface area contributed by atoms with Crippen LogP contribution in [-0.4, -0.2) is 49.4 Å². The van der Waals surface area contributed by atoms with Gasteiger partial charge in [0.15, 0.2) is 0 Å². The van der Waals surface area contributed by atoms with Crippen LogP contribution in [0.1, 0.15) is 11.1 Å². The van der Waals surface area contributed by atoms with Gasteiger partial charge in [-0.3, -0.25) is 9.59 Å². The van der Waals surface area contributed by atoms with Gasteiger partial charge in [-0.1, -0.05) is 41.4 Å². The predicted molar refractivity (Wildman–Crippen MR) is 113 cm³/mol. The summed E-state index contributed by atoms with van der Waals surface area (Å²) in [6.07, 6.45) is 3.19. The average Bonchev–Trinajstić information content (AvgIpc) is 2.72. The highest BCUT2D eigenvalue weighted by Crippen LogP contribution is 2.19. The van der Waals surface area contributed by atoms with Crippen molar-refractivity contribution in [2.24, 2.45) is 0 Å². The van der Waals surface area contributed by atoms with E-state index >= 15 is 0 Å². The summed E-state index contributed by atoms with van der Waals surface area (Å²) in [5, 5.41) is 3.38. The third-order valence-electron chi connectivity index (χ3n) is 4.74. The molecule has 1 saturated heterocycles. The lowest BCUT2D eigenvalue weighted by Gasteiger charge is -2.36. The molecule has 0 radical (unpaired) electrons. The molecule has 146 valence electrons. The standard InChI is InChI=1S/C22H24ClN3O2/c1-17-2-4-18(5-3-17)6-11-21(27)24-16-22(28)26-14-12-25(13-15-26)20-9-7-19(23)8-10-20/h2-11H,12-16H2,1H3,(H,24,27)/b11-6+. The molecule has 1 heterocycles. The molecule has 2 amide bonds. The third kappa shape index (κ3) is 5.60. The van der Waals surface area contributed by atoms with Crippen LogP contribution in [0.5, 0.6) is 0 Å². The Labute approximate surface area is 170 Å². The van der Waals surface area contributed by atoms with Crippen LogP contribution in [0.4, 0.5) is 5.69 Å². The van der Waals surface area contributed by atoms with Crippen LogP contribution in [0.15, 0.2) is 54.6 Å². The van der Waals surface area contributed by atoms with E-state index in [2.05, 4.69) is 10.2 Å². The van der Waals surface area contributed by atoms with Crippen molar-refractivity contribution >= 4 is 35.2 Å². The van der Waals surface area contributed by atoms with Gasteiger partial charge in [0.2, 0.25) is 11.8 Å². The fraction of sp³-hybridized carbons (Fsp3) is 0.273. The van der Waals surface area contributed by atoms with Crippen molar-refractivity contribution < 1.29 is 9.59 Å². The van der Waals surface area contributed by atoms with E-state index in [0.29, 0.717) is 18.1 Å². The summed E-state index contributed by atoms with van der Waals surface area (Å²) in [6.45, 7) is 4.81. The number of carbonyl (C=O) groups is 2. The summed E-state index contributed by atoms with van der Waals surface area (Å²) in [5.41, 5.74) is 3.22. The summed E-state index contributed by atoms with van der Waals surface area (Å²) >= 11 is 5.93. The summed E-state index contributed by atoms with van der Waals surface area (Å²) in [4.78, 5) is 28.3. The SMILES string of the molecule is Cc1ccc(/C=C/C(=O)NCC(=O)N2CCN(c3ccc(Cl)cc3)CC2)cc1. The Morgan fingerprint density at radius 2 is 1.64 bits per heavy atom. The molecule has 0 aliphatic carbocycles. The van der Waals surface area contributed by atoms with E-state index in [1.165, 1.54) is 11.6 Å². The molecule has 3 rings (SSSR count). The molecule has 1 aliphatic heterocycles. The number of benzene rings is 2. The second-order valence-electron chi connectivity index (χ2n) is 6.81. The summed E-state index contributed by atoms with van der Waals surface area (Å²) < 4.78 is 0. The molecule has 0 atom stereocenters. The van der Waals surface area contributed by atoms with Gasteiger partial charge in [0.05, 0.1) is 6.54 Å². The number of nitrogens with one attached hydrogen (secondary N) is 1. The first-order valence-corrected chi connectivity index (χ1v) is 9.70. The lowest BCUT2D eigenvalue weighted by molar-refractivity contribution is -0.132. The van der Waals surface area contributed by atoms with Crippen molar-refractivity contribution in [3.05, 3.63) is 70.8 Å². The number of piperazine rings is 1. The Kier molecular flexibility index (Phi) is 6.71. The maximum absolute atomic E-state index is 12.4. The van der Waals surface area contributed by atoms with Gasteiger partial charge in [-0.2, -0.15) is 0 Å². The molecule has 1 fully saturated rings. The smallest absolute Gasteiger partial charge is 0.244 e. The zero-order valence-electron chi connectivity index (χ0n) is 15.9. The minimum absolute atomic E-state index is 0.0119. The zero-order chi connectivity index (χ0) is 19.9. The zero-order valence-corrected chi connectivity index (χ0v) is 16.7. The molecule has 5 nitrogen and oxygen atoms in total. The maximum atomic E-state index is 12.4. The first-order valence-electron chi connectivity index (χ1n) is 9.32. The Morgan fingerprint density at radius 3 is 2.29 bits per heavy atom. The summed E-state index contributed by atoms with van der Waals surface area (Å²) in [7, 11) is 0. The summed E-state index contributed by atoms with van der Waals surface area (Å²) in [5.74, 6) is -0.332. The van der Waals surface area contributed by atoms with Crippen LogP contribution in [0.25, 0.3) is 6.08 Å². The number of halogens is 1. The fourth-order valence-corrected chi connectivity index (χ4v) is 3.17. The number of hydrogen-bond donors (Lipinski definition) is 1. The number of anilines is 1. The van der Waals surface area contributed by atoms with Crippen molar-refractivity contribution in [2.75, 3.05) is 37.6 Å². The highest BCUT2D eigenvalue weighted by molar-refractivity contribution is 6.30. The van der Waals surface area contributed by atoms with E-state index in [4.69, 9.17) is 11.6 Å². The molecule has 2 aromatic carbocycles. The lowest BCUT2D eigenvalue weighted by atomic mass is 10.1. The van der Waals surface area contributed by atoms with E-state index in [9.17, 15) is 9.59 Å². The molecule has 1 aliphatic rings. The molecule has 6 heteroatoms. The van der Waals surface area contributed by atoms with Crippen LogP contribution in [0, 0.1) is 6.92 Å². The molecule has 0 unspecified atom stereocenters. The molecule has 2 aromatic rings. The number of amides is 2. The largest absolute Gasteiger partial charge is 0.368 e. The first-order chi connectivity index (χ1) is 13.5. The van der Waals surface area contributed by atoms with E-state index in [-0.39, 0.29) is 18.4 Å². The number of nitrogens with zero attached hydrogens (tertiary/aromatic N) is 2. The lowest BCUT2D eigenvalue weighted by Crippen LogP contribution is -2.51. The van der Waals surface area contributed by atoms with Gasteiger partial charge in [0.1, 0.15) is 0 Å². The number of carbonyl (C=O) groups excluding carboxylic acids is 2. The van der Waals surface area contributed by atoms with Crippen LogP contribution < -0.4 is 10.2 Å². The average molecular weight is 398 g/mol. The van der Waals surface area contributed by atoms with E-state index in [1.807, 2.05) is 55.5 Å². The molecule has 0 aromatic heterocycles. The van der Waals surface area contributed by atoms with E-state index in [1.54, 1.807) is 11.0 Å². The predicted octanol–water partition coefficient (Wildman–Crippen LogP) is 3.13. The first kappa shape index (κ1) is 20.0.